The standard InChI is InChI=1S/C32H52O2/c1-21(33)34-26-13-14-30(7)24(28(26,4)5)12-15-32(9)25(30)11-10-22-23-20-27(2,3)16-17-29(23,6)18-19-31(22,32)8/h10,23-26H,11-20H2,1-9H3/t23-,24-,25-,26+,29-,30-,31+,32-/m1/s1. The van der Waals surface area contributed by atoms with Gasteiger partial charge in [-0.15, -0.1) is 0 Å². The van der Waals surface area contributed by atoms with Crippen LogP contribution in [0.2, 0.25) is 0 Å². The van der Waals surface area contributed by atoms with E-state index in [0.29, 0.717) is 33.0 Å². The number of carbonyl (C=O) groups excluding carboxylic acids is 1. The van der Waals surface area contributed by atoms with Crippen LogP contribution in [-0.4, -0.2) is 12.1 Å². The first-order valence-corrected chi connectivity index (χ1v) is 14.5. The van der Waals surface area contributed by atoms with Gasteiger partial charge in [-0.25, -0.2) is 0 Å². The summed E-state index contributed by atoms with van der Waals surface area (Å²) in [7, 11) is 0. The summed E-state index contributed by atoms with van der Waals surface area (Å²) in [4.78, 5) is 11.9. The number of allylic oxidation sites excluding steroid dienone is 2. The van der Waals surface area contributed by atoms with Gasteiger partial charge in [0.1, 0.15) is 6.10 Å². The van der Waals surface area contributed by atoms with E-state index in [9.17, 15) is 4.79 Å². The average Bonchev–Trinajstić information content (AvgIpc) is 2.72. The second-order valence-corrected chi connectivity index (χ2v) is 15.8. The predicted molar refractivity (Wildman–Crippen MR) is 140 cm³/mol. The maximum atomic E-state index is 11.9. The zero-order valence-electron chi connectivity index (χ0n) is 23.8. The molecule has 5 aliphatic rings. The topological polar surface area (TPSA) is 26.3 Å². The smallest absolute Gasteiger partial charge is 0.302 e. The zero-order chi connectivity index (χ0) is 24.9. The summed E-state index contributed by atoms with van der Waals surface area (Å²) in [5.74, 6) is 2.01. The van der Waals surface area contributed by atoms with Crippen molar-refractivity contribution in [2.75, 3.05) is 0 Å². The van der Waals surface area contributed by atoms with E-state index in [2.05, 4.69) is 61.5 Å². The highest BCUT2D eigenvalue weighted by Gasteiger charge is 2.68. The second-order valence-electron chi connectivity index (χ2n) is 15.8. The molecule has 0 unspecified atom stereocenters. The van der Waals surface area contributed by atoms with Crippen molar-refractivity contribution in [3.63, 3.8) is 0 Å². The molecule has 0 aromatic heterocycles. The van der Waals surface area contributed by atoms with Gasteiger partial charge in [-0.2, -0.15) is 0 Å². The van der Waals surface area contributed by atoms with Crippen LogP contribution in [0.15, 0.2) is 11.6 Å². The van der Waals surface area contributed by atoms with Crippen LogP contribution in [0, 0.1) is 50.2 Å². The average molecular weight is 469 g/mol. The number of carbonyl (C=O) groups is 1. The number of hydrogen-bond donors (Lipinski definition) is 0. The molecule has 2 heteroatoms. The first kappa shape index (κ1) is 24.9. The Labute approximate surface area is 210 Å². The van der Waals surface area contributed by atoms with Gasteiger partial charge in [-0.1, -0.05) is 67.0 Å². The molecule has 2 nitrogen and oxygen atoms in total. The lowest BCUT2D eigenvalue weighted by Crippen LogP contribution is -2.64. The molecule has 0 aromatic carbocycles. The molecule has 4 saturated carbocycles. The third-order valence-corrected chi connectivity index (χ3v) is 13.3. The van der Waals surface area contributed by atoms with Gasteiger partial charge >= 0.3 is 5.97 Å². The second kappa shape index (κ2) is 7.38. The van der Waals surface area contributed by atoms with Gasteiger partial charge in [0, 0.05) is 12.3 Å². The lowest BCUT2D eigenvalue weighted by Gasteiger charge is -2.71. The van der Waals surface area contributed by atoms with Crippen LogP contribution in [0.3, 0.4) is 0 Å². The quantitative estimate of drug-likeness (QED) is 0.284. The van der Waals surface area contributed by atoms with Crippen molar-refractivity contribution in [2.45, 2.75) is 133 Å². The van der Waals surface area contributed by atoms with Gasteiger partial charge < -0.3 is 4.74 Å². The maximum Gasteiger partial charge on any atom is 0.302 e. The Kier molecular flexibility index (Phi) is 5.40. The fraction of sp³-hybridized carbons (Fsp3) is 0.906. The SMILES string of the molecule is CC(=O)O[C@H]1CC[C@]2(C)[C@H](CC[C@]3(C)[C@@H]2CC=C2[C@H]4CC(C)(C)CC[C@]4(C)CC[C@@]23C)C1(C)C. The summed E-state index contributed by atoms with van der Waals surface area (Å²) in [6.45, 7) is 22.0. The molecule has 34 heavy (non-hydrogen) atoms. The van der Waals surface area contributed by atoms with Crippen molar-refractivity contribution >= 4 is 5.97 Å². The van der Waals surface area contributed by atoms with Crippen LogP contribution in [0.5, 0.6) is 0 Å². The molecule has 0 bridgehead atoms. The van der Waals surface area contributed by atoms with Gasteiger partial charge in [-0.05, 0) is 109 Å². The van der Waals surface area contributed by atoms with E-state index >= 15 is 0 Å². The summed E-state index contributed by atoms with van der Waals surface area (Å²) >= 11 is 0. The monoisotopic (exact) mass is 468 g/mol. The van der Waals surface area contributed by atoms with Crippen molar-refractivity contribution in [1.82, 2.24) is 0 Å². The molecule has 4 fully saturated rings. The van der Waals surface area contributed by atoms with E-state index < -0.39 is 0 Å². The van der Waals surface area contributed by atoms with Crippen LogP contribution in [-0.2, 0) is 9.53 Å². The van der Waals surface area contributed by atoms with Crippen molar-refractivity contribution in [1.29, 1.82) is 0 Å². The maximum absolute atomic E-state index is 11.9. The number of rotatable bonds is 1. The fourth-order valence-corrected chi connectivity index (χ4v) is 10.9. The Morgan fingerprint density at radius 3 is 2.21 bits per heavy atom. The molecule has 8 atom stereocenters. The van der Waals surface area contributed by atoms with E-state index in [-0.39, 0.29) is 17.5 Å². The summed E-state index contributed by atoms with van der Waals surface area (Å²) in [6, 6.07) is 0. The Hall–Kier alpha value is -0.790. The van der Waals surface area contributed by atoms with Gasteiger partial charge in [-0.3, -0.25) is 4.79 Å². The molecule has 5 aliphatic carbocycles. The third kappa shape index (κ3) is 3.21. The zero-order valence-corrected chi connectivity index (χ0v) is 23.8. The van der Waals surface area contributed by atoms with Crippen LogP contribution in [0.25, 0.3) is 0 Å². The molecule has 5 rings (SSSR count). The lowest BCUT2D eigenvalue weighted by molar-refractivity contribution is -0.211. The van der Waals surface area contributed by atoms with Crippen LogP contribution in [0.1, 0.15) is 127 Å². The molecule has 192 valence electrons. The van der Waals surface area contributed by atoms with Crippen molar-refractivity contribution in [3.05, 3.63) is 11.6 Å². The van der Waals surface area contributed by atoms with Gasteiger partial charge in [0.05, 0.1) is 0 Å². The van der Waals surface area contributed by atoms with Crippen LogP contribution >= 0.6 is 0 Å². The molecule has 0 saturated heterocycles. The fourth-order valence-electron chi connectivity index (χ4n) is 10.9. The molecule has 0 aromatic rings. The van der Waals surface area contributed by atoms with Gasteiger partial charge in [0.25, 0.3) is 0 Å². The highest BCUT2D eigenvalue weighted by molar-refractivity contribution is 5.66. The first-order chi connectivity index (χ1) is 15.6. The Morgan fingerprint density at radius 2 is 1.53 bits per heavy atom. The highest BCUT2D eigenvalue weighted by atomic mass is 16.5. The molecular weight excluding hydrogens is 416 g/mol. The molecule has 0 aliphatic heterocycles. The largest absolute Gasteiger partial charge is 0.462 e. The normalized spacial score (nSPS) is 51.1. The molecule has 0 spiro atoms. The number of hydrogen-bond acceptors (Lipinski definition) is 2. The molecule has 0 radical (unpaired) electrons. The predicted octanol–water partition coefficient (Wildman–Crippen LogP) is 8.74. The minimum Gasteiger partial charge on any atom is -0.462 e. The summed E-state index contributed by atoms with van der Waals surface area (Å²) in [5.41, 5.74) is 3.92. The summed E-state index contributed by atoms with van der Waals surface area (Å²) < 4.78 is 5.91. The third-order valence-electron chi connectivity index (χ3n) is 13.3. The molecular formula is C32H52O2. The Balaban J connectivity index is 1.53. The van der Waals surface area contributed by atoms with Crippen molar-refractivity contribution in [2.24, 2.45) is 50.2 Å². The number of esters is 1. The van der Waals surface area contributed by atoms with E-state index in [1.165, 1.54) is 57.8 Å². The first-order valence-electron chi connectivity index (χ1n) is 14.5. The molecule has 0 heterocycles. The molecule has 0 amide bonds. The van der Waals surface area contributed by atoms with E-state index in [1.807, 2.05) is 5.57 Å². The summed E-state index contributed by atoms with van der Waals surface area (Å²) in [5, 5.41) is 0. The summed E-state index contributed by atoms with van der Waals surface area (Å²) in [6.07, 6.45) is 15.9. The van der Waals surface area contributed by atoms with Crippen molar-refractivity contribution < 1.29 is 9.53 Å². The van der Waals surface area contributed by atoms with Crippen LogP contribution < -0.4 is 0 Å². The Morgan fingerprint density at radius 1 is 0.853 bits per heavy atom. The molecule has 0 N–H and O–H groups in total. The lowest BCUT2D eigenvalue weighted by atomic mass is 9.33. The van der Waals surface area contributed by atoms with Gasteiger partial charge in [0.2, 0.25) is 0 Å². The van der Waals surface area contributed by atoms with E-state index in [4.69, 9.17) is 4.74 Å². The minimum absolute atomic E-state index is 0.0451. The van der Waals surface area contributed by atoms with Crippen LogP contribution in [0.4, 0.5) is 0 Å². The van der Waals surface area contributed by atoms with E-state index in [1.54, 1.807) is 6.92 Å². The Bertz CT molecular complexity index is 897. The highest BCUT2D eigenvalue weighted by Crippen LogP contribution is 2.75. The van der Waals surface area contributed by atoms with Gasteiger partial charge in [0.15, 0.2) is 0 Å². The van der Waals surface area contributed by atoms with E-state index in [0.717, 1.165) is 18.3 Å². The minimum atomic E-state index is -0.110. The number of fused-ring (bicyclic) bond motifs is 7. The van der Waals surface area contributed by atoms with Crippen molar-refractivity contribution in [3.8, 4) is 0 Å². The number of ether oxygens (including phenoxy) is 1.